The monoisotopic (exact) mass is 390 g/mol. The topological polar surface area (TPSA) is 73.0 Å². The minimum Gasteiger partial charge on any atom is -0.368 e. The predicted octanol–water partition coefficient (Wildman–Crippen LogP) is 1.85. The molecule has 1 aromatic rings. The SMILES string of the molecule is O=C(CN1C(=O)NC2(CCCC2)C1=O)N1CCN(c2cccc(Cl)c2)CC1. The molecule has 0 unspecified atom stereocenters. The summed E-state index contributed by atoms with van der Waals surface area (Å²) < 4.78 is 0. The van der Waals surface area contributed by atoms with E-state index in [1.807, 2.05) is 24.3 Å². The second kappa shape index (κ2) is 7.03. The first-order chi connectivity index (χ1) is 13.0. The number of hydrogen-bond donors (Lipinski definition) is 1. The van der Waals surface area contributed by atoms with E-state index in [2.05, 4.69) is 10.2 Å². The Kier molecular flexibility index (Phi) is 4.72. The lowest BCUT2D eigenvalue weighted by Gasteiger charge is -2.36. The Hall–Kier alpha value is -2.28. The molecular formula is C19H23ClN4O3. The number of benzene rings is 1. The number of hydrogen-bond acceptors (Lipinski definition) is 4. The molecule has 1 saturated carbocycles. The third-order valence-corrected chi connectivity index (χ3v) is 6.04. The number of rotatable bonds is 3. The van der Waals surface area contributed by atoms with Crippen molar-refractivity contribution in [1.82, 2.24) is 15.1 Å². The molecule has 0 bridgehead atoms. The van der Waals surface area contributed by atoms with E-state index >= 15 is 0 Å². The Morgan fingerprint density at radius 3 is 2.48 bits per heavy atom. The van der Waals surface area contributed by atoms with Gasteiger partial charge in [-0.05, 0) is 31.0 Å². The zero-order valence-electron chi connectivity index (χ0n) is 15.1. The molecule has 1 aromatic carbocycles. The predicted molar refractivity (Wildman–Crippen MR) is 102 cm³/mol. The average Bonchev–Trinajstić information content (AvgIpc) is 3.23. The summed E-state index contributed by atoms with van der Waals surface area (Å²) in [4.78, 5) is 42.6. The van der Waals surface area contributed by atoms with Gasteiger partial charge in [-0.2, -0.15) is 0 Å². The number of carbonyl (C=O) groups is 3. The largest absolute Gasteiger partial charge is 0.368 e. The molecule has 27 heavy (non-hydrogen) atoms. The molecule has 3 fully saturated rings. The van der Waals surface area contributed by atoms with Crippen LogP contribution >= 0.6 is 11.6 Å². The fourth-order valence-electron chi connectivity index (χ4n) is 4.26. The molecule has 144 valence electrons. The molecule has 0 atom stereocenters. The molecule has 1 N–H and O–H groups in total. The van der Waals surface area contributed by atoms with Crippen molar-refractivity contribution in [2.24, 2.45) is 0 Å². The van der Waals surface area contributed by atoms with Crippen molar-refractivity contribution in [3.8, 4) is 0 Å². The minimum atomic E-state index is -0.761. The highest BCUT2D eigenvalue weighted by Gasteiger charge is 2.52. The van der Waals surface area contributed by atoms with E-state index in [0.29, 0.717) is 44.0 Å². The van der Waals surface area contributed by atoms with Crippen LogP contribution in [0.15, 0.2) is 24.3 Å². The zero-order chi connectivity index (χ0) is 19.0. The van der Waals surface area contributed by atoms with Gasteiger partial charge < -0.3 is 15.1 Å². The molecule has 1 spiro atoms. The van der Waals surface area contributed by atoms with E-state index < -0.39 is 11.6 Å². The van der Waals surface area contributed by atoms with E-state index in [1.165, 1.54) is 0 Å². The van der Waals surface area contributed by atoms with Crippen LogP contribution in [-0.4, -0.2) is 65.9 Å². The van der Waals surface area contributed by atoms with Crippen LogP contribution in [0.3, 0.4) is 0 Å². The van der Waals surface area contributed by atoms with Crippen LogP contribution in [-0.2, 0) is 9.59 Å². The molecule has 4 rings (SSSR count). The van der Waals surface area contributed by atoms with Gasteiger partial charge in [0.05, 0.1) is 0 Å². The highest BCUT2D eigenvalue weighted by molar-refractivity contribution is 6.30. The summed E-state index contributed by atoms with van der Waals surface area (Å²) in [5, 5.41) is 3.50. The number of imide groups is 1. The zero-order valence-corrected chi connectivity index (χ0v) is 15.9. The molecule has 4 amide bonds. The van der Waals surface area contributed by atoms with Crippen LogP contribution in [0.5, 0.6) is 0 Å². The molecule has 3 aliphatic rings. The maximum Gasteiger partial charge on any atom is 0.325 e. The summed E-state index contributed by atoms with van der Waals surface area (Å²) in [7, 11) is 0. The van der Waals surface area contributed by atoms with Gasteiger partial charge in [0.15, 0.2) is 0 Å². The van der Waals surface area contributed by atoms with Crippen LogP contribution < -0.4 is 10.2 Å². The Morgan fingerprint density at radius 1 is 1.11 bits per heavy atom. The number of anilines is 1. The number of nitrogens with zero attached hydrogens (tertiary/aromatic N) is 3. The van der Waals surface area contributed by atoms with Gasteiger partial charge in [0.1, 0.15) is 12.1 Å². The maximum absolute atomic E-state index is 12.7. The highest BCUT2D eigenvalue weighted by atomic mass is 35.5. The number of urea groups is 1. The van der Waals surface area contributed by atoms with Gasteiger partial charge in [-0.15, -0.1) is 0 Å². The lowest BCUT2D eigenvalue weighted by atomic mass is 9.98. The van der Waals surface area contributed by atoms with Crippen molar-refractivity contribution in [3.63, 3.8) is 0 Å². The van der Waals surface area contributed by atoms with Crippen molar-refractivity contribution in [3.05, 3.63) is 29.3 Å². The van der Waals surface area contributed by atoms with Crippen molar-refractivity contribution in [2.45, 2.75) is 31.2 Å². The van der Waals surface area contributed by atoms with Crippen LogP contribution in [0.4, 0.5) is 10.5 Å². The number of carbonyl (C=O) groups excluding carboxylic acids is 3. The van der Waals surface area contributed by atoms with Crippen molar-refractivity contribution >= 4 is 35.1 Å². The lowest BCUT2D eigenvalue weighted by Crippen LogP contribution is -2.52. The van der Waals surface area contributed by atoms with Crippen molar-refractivity contribution < 1.29 is 14.4 Å². The summed E-state index contributed by atoms with van der Waals surface area (Å²) in [6, 6.07) is 7.21. The van der Waals surface area contributed by atoms with Gasteiger partial charge in [-0.3, -0.25) is 14.5 Å². The minimum absolute atomic E-state index is 0.177. The molecule has 2 saturated heterocycles. The summed E-state index contributed by atoms with van der Waals surface area (Å²) in [6.07, 6.45) is 3.19. The second-order valence-electron chi connectivity index (χ2n) is 7.46. The van der Waals surface area contributed by atoms with Crippen LogP contribution in [0.2, 0.25) is 5.02 Å². The molecule has 7 nitrogen and oxygen atoms in total. The quantitative estimate of drug-likeness (QED) is 0.799. The van der Waals surface area contributed by atoms with Crippen LogP contribution in [0, 0.1) is 0 Å². The van der Waals surface area contributed by atoms with Gasteiger partial charge in [0, 0.05) is 36.9 Å². The number of halogens is 1. The fraction of sp³-hybridized carbons (Fsp3) is 0.526. The highest BCUT2D eigenvalue weighted by Crippen LogP contribution is 2.35. The van der Waals surface area contributed by atoms with Crippen LogP contribution in [0.1, 0.15) is 25.7 Å². The number of piperazine rings is 1. The van der Waals surface area contributed by atoms with Gasteiger partial charge in [-0.25, -0.2) is 4.79 Å². The Morgan fingerprint density at radius 2 is 1.81 bits per heavy atom. The molecular weight excluding hydrogens is 368 g/mol. The Labute approximate surface area is 163 Å². The second-order valence-corrected chi connectivity index (χ2v) is 7.89. The van der Waals surface area contributed by atoms with Gasteiger partial charge >= 0.3 is 6.03 Å². The first-order valence-electron chi connectivity index (χ1n) is 9.41. The molecule has 0 aromatic heterocycles. The third-order valence-electron chi connectivity index (χ3n) is 5.80. The summed E-state index contributed by atoms with van der Waals surface area (Å²) >= 11 is 6.05. The fourth-order valence-corrected chi connectivity index (χ4v) is 4.44. The summed E-state index contributed by atoms with van der Waals surface area (Å²) in [5.41, 5.74) is 0.273. The molecule has 0 radical (unpaired) electrons. The lowest BCUT2D eigenvalue weighted by molar-refractivity contribution is -0.139. The standard InChI is InChI=1S/C19H23ClN4O3/c20-14-4-3-5-15(12-14)22-8-10-23(11-9-22)16(25)13-24-17(26)19(21-18(24)27)6-1-2-7-19/h3-5,12H,1-2,6-11,13H2,(H,21,27). The summed E-state index contributed by atoms with van der Waals surface area (Å²) in [6.45, 7) is 2.32. The normalized spacial score (nSPS) is 21.9. The smallest absolute Gasteiger partial charge is 0.325 e. The number of amides is 4. The molecule has 8 heteroatoms. The van der Waals surface area contributed by atoms with E-state index in [4.69, 9.17) is 11.6 Å². The van der Waals surface area contributed by atoms with E-state index in [9.17, 15) is 14.4 Å². The molecule has 2 heterocycles. The van der Waals surface area contributed by atoms with E-state index in [-0.39, 0.29) is 18.4 Å². The number of nitrogens with one attached hydrogen (secondary N) is 1. The van der Waals surface area contributed by atoms with Gasteiger partial charge in [-0.1, -0.05) is 30.5 Å². The Balaban J connectivity index is 1.35. The van der Waals surface area contributed by atoms with Crippen molar-refractivity contribution in [1.29, 1.82) is 0 Å². The first-order valence-corrected chi connectivity index (χ1v) is 9.79. The maximum atomic E-state index is 12.7. The first kappa shape index (κ1) is 18.1. The van der Waals surface area contributed by atoms with E-state index in [0.717, 1.165) is 23.4 Å². The molecule has 1 aliphatic carbocycles. The van der Waals surface area contributed by atoms with Gasteiger partial charge in [0.25, 0.3) is 5.91 Å². The molecule has 2 aliphatic heterocycles. The van der Waals surface area contributed by atoms with Crippen molar-refractivity contribution in [2.75, 3.05) is 37.6 Å². The Bertz CT molecular complexity index is 770. The third kappa shape index (κ3) is 3.36. The van der Waals surface area contributed by atoms with Crippen LogP contribution in [0.25, 0.3) is 0 Å². The van der Waals surface area contributed by atoms with E-state index in [1.54, 1.807) is 4.90 Å². The summed E-state index contributed by atoms with van der Waals surface area (Å²) in [5.74, 6) is -0.421. The van der Waals surface area contributed by atoms with Gasteiger partial charge in [0.2, 0.25) is 5.91 Å². The average molecular weight is 391 g/mol.